The van der Waals surface area contributed by atoms with Crippen molar-refractivity contribution in [1.82, 2.24) is 9.62 Å². The fourth-order valence-corrected chi connectivity index (χ4v) is 6.30. The molecule has 2 N–H and O–H groups in total. The van der Waals surface area contributed by atoms with Crippen molar-refractivity contribution in [2.45, 2.75) is 37.1 Å². The predicted molar refractivity (Wildman–Crippen MR) is 117 cm³/mol. The molecule has 0 aliphatic carbocycles. The van der Waals surface area contributed by atoms with Crippen molar-refractivity contribution >= 4 is 50.6 Å². The Morgan fingerprint density at radius 1 is 1.21 bits per heavy atom. The van der Waals surface area contributed by atoms with Crippen molar-refractivity contribution in [1.29, 1.82) is 0 Å². The molecule has 0 bridgehead atoms. The number of carbonyl (C=O) groups is 2. The summed E-state index contributed by atoms with van der Waals surface area (Å²) in [5, 5.41) is 4.52. The summed E-state index contributed by atoms with van der Waals surface area (Å²) in [4.78, 5) is 27.1. The second-order valence-electron chi connectivity index (χ2n) is 6.89. The molecule has 7 nitrogen and oxygen atoms in total. The number of hydrogen-bond donors (Lipinski definition) is 2. The molecule has 1 fully saturated rings. The van der Waals surface area contributed by atoms with Gasteiger partial charge in [0.15, 0.2) is 0 Å². The van der Waals surface area contributed by atoms with E-state index in [1.807, 2.05) is 32.0 Å². The van der Waals surface area contributed by atoms with Crippen molar-refractivity contribution in [3.05, 3.63) is 46.8 Å². The van der Waals surface area contributed by atoms with E-state index in [2.05, 4.69) is 10.0 Å². The fourth-order valence-electron chi connectivity index (χ4n) is 2.93. The molecule has 1 aliphatic rings. The maximum Gasteiger partial charge on any atom is 0.250 e. The van der Waals surface area contributed by atoms with Crippen LogP contribution in [0, 0.1) is 13.8 Å². The Morgan fingerprint density at radius 2 is 1.97 bits per heavy atom. The van der Waals surface area contributed by atoms with Gasteiger partial charge in [0.1, 0.15) is 10.3 Å². The van der Waals surface area contributed by atoms with Crippen LogP contribution >= 0.6 is 23.1 Å². The first-order chi connectivity index (χ1) is 13.7. The highest BCUT2D eigenvalue weighted by Crippen LogP contribution is 2.24. The van der Waals surface area contributed by atoms with Gasteiger partial charge in [0.05, 0.1) is 11.9 Å². The van der Waals surface area contributed by atoms with Crippen LogP contribution in [0.4, 0.5) is 5.69 Å². The molecule has 1 aromatic carbocycles. The number of nitrogens with one attached hydrogen (secondary N) is 2. The van der Waals surface area contributed by atoms with Crippen LogP contribution in [0.3, 0.4) is 0 Å². The zero-order valence-electron chi connectivity index (χ0n) is 16.3. The Bertz CT molecular complexity index is 1010. The quantitative estimate of drug-likeness (QED) is 0.701. The SMILES string of the molecule is Cc1ccc(NC(=O)C2CSCN2C(=O)C(C)NS(=O)(=O)c2cccs2)cc1C. The first-order valence-corrected chi connectivity index (χ1v) is 12.5. The van der Waals surface area contributed by atoms with Gasteiger partial charge in [0.25, 0.3) is 10.0 Å². The number of rotatable bonds is 6. The lowest BCUT2D eigenvalue weighted by molar-refractivity contribution is -0.137. The molecule has 0 spiro atoms. The average molecular weight is 454 g/mol. The second kappa shape index (κ2) is 8.86. The Morgan fingerprint density at radius 3 is 2.62 bits per heavy atom. The van der Waals surface area contributed by atoms with Crippen LogP contribution in [0.2, 0.25) is 0 Å². The lowest BCUT2D eigenvalue weighted by Crippen LogP contribution is -2.51. The third kappa shape index (κ3) is 5.00. The summed E-state index contributed by atoms with van der Waals surface area (Å²) in [6.45, 7) is 5.45. The van der Waals surface area contributed by atoms with Crippen molar-refractivity contribution in [3.63, 3.8) is 0 Å². The predicted octanol–water partition coefficient (Wildman–Crippen LogP) is 2.57. The molecular formula is C19H23N3O4S3. The van der Waals surface area contributed by atoms with Crippen LogP contribution in [0.5, 0.6) is 0 Å². The van der Waals surface area contributed by atoms with E-state index >= 15 is 0 Å². The molecule has 2 atom stereocenters. The van der Waals surface area contributed by atoms with Gasteiger partial charge in [-0.3, -0.25) is 9.59 Å². The van der Waals surface area contributed by atoms with Crippen molar-refractivity contribution in [2.75, 3.05) is 16.9 Å². The molecule has 156 valence electrons. The molecule has 0 saturated carbocycles. The topological polar surface area (TPSA) is 95.6 Å². The lowest BCUT2D eigenvalue weighted by Gasteiger charge is -2.26. The maximum atomic E-state index is 12.9. The van der Waals surface area contributed by atoms with Gasteiger partial charge in [-0.2, -0.15) is 4.72 Å². The molecule has 1 aromatic heterocycles. The molecule has 1 saturated heterocycles. The number of carbonyl (C=O) groups excluding carboxylic acids is 2. The summed E-state index contributed by atoms with van der Waals surface area (Å²) in [6, 6.07) is 7.14. The van der Waals surface area contributed by atoms with Crippen molar-refractivity contribution in [3.8, 4) is 0 Å². The highest BCUT2D eigenvalue weighted by molar-refractivity contribution is 7.99. The van der Waals surface area contributed by atoms with Crippen LogP contribution < -0.4 is 10.0 Å². The molecule has 3 rings (SSSR count). The summed E-state index contributed by atoms with van der Waals surface area (Å²) < 4.78 is 27.3. The number of anilines is 1. The summed E-state index contributed by atoms with van der Waals surface area (Å²) in [5.74, 6) is 0.108. The number of amides is 2. The maximum absolute atomic E-state index is 12.9. The van der Waals surface area contributed by atoms with Gasteiger partial charge >= 0.3 is 0 Å². The molecule has 2 heterocycles. The van der Waals surface area contributed by atoms with Crippen molar-refractivity contribution < 1.29 is 18.0 Å². The van der Waals surface area contributed by atoms with Crippen LogP contribution in [0.25, 0.3) is 0 Å². The van der Waals surface area contributed by atoms with Gasteiger partial charge in [0.2, 0.25) is 11.8 Å². The minimum atomic E-state index is -3.77. The summed E-state index contributed by atoms with van der Waals surface area (Å²) in [7, 11) is -3.77. The van der Waals surface area contributed by atoms with Gasteiger partial charge < -0.3 is 10.2 Å². The van der Waals surface area contributed by atoms with Crippen LogP contribution in [-0.2, 0) is 19.6 Å². The number of aryl methyl sites for hydroxylation is 2. The first kappa shape index (κ1) is 21.8. The van der Waals surface area contributed by atoms with Crippen molar-refractivity contribution in [2.24, 2.45) is 0 Å². The summed E-state index contributed by atoms with van der Waals surface area (Å²) >= 11 is 2.55. The Kier molecular flexibility index (Phi) is 6.67. The van der Waals surface area contributed by atoms with E-state index in [1.54, 1.807) is 11.4 Å². The lowest BCUT2D eigenvalue weighted by atomic mass is 10.1. The van der Waals surface area contributed by atoms with E-state index in [1.165, 1.54) is 29.7 Å². The third-order valence-electron chi connectivity index (χ3n) is 4.70. The van der Waals surface area contributed by atoms with Gasteiger partial charge in [-0.05, 0) is 55.5 Å². The van der Waals surface area contributed by atoms with Gasteiger partial charge in [0, 0.05) is 11.4 Å². The number of thiophene rings is 1. The van der Waals surface area contributed by atoms with E-state index in [9.17, 15) is 18.0 Å². The largest absolute Gasteiger partial charge is 0.324 e. The van der Waals surface area contributed by atoms with E-state index in [0.717, 1.165) is 22.5 Å². The molecule has 2 amide bonds. The molecular weight excluding hydrogens is 430 g/mol. The number of hydrogen-bond acceptors (Lipinski definition) is 6. The highest BCUT2D eigenvalue weighted by atomic mass is 32.2. The average Bonchev–Trinajstić information content (AvgIpc) is 3.35. The Balaban J connectivity index is 1.68. The smallest absolute Gasteiger partial charge is 0.250 e. The van der Waals surface area contributed by atoms with E-state index in [4.69, 9.17) is 0 Å². The Hall–Kier alpha value is -1.88. The monoisotopic (exact) mass is 453 g/mol. The first-order valence-electron chi connectivity index (χ1n) is 9.01. The van der Waals surface area contributed by atoms with Gasteiger partial charge in [-0.15, -0.1) is 23.1 Å². The summed E-state index contributed by atoms with van der Waals surface area (Å²) in [5.41, 5.74) is 2.87. The molecule has 2 aromatic rings. The number of benzene rings is 1. The van der Waals surface area contributed by atoms with E-state index in [0.29, 0.717) is 17.3 Å². The van der Waals surface area contributed by atoms with Crippen LogP contribution in [0.15, 0.2) is 39.9 Å². The fraction of sp³-hybridized carbons (Fsp3) is 0.368. The van der Waals surface area contributed by atoms with E-state index in [-0.39, 0.29) is 10.1 Å². The van der Waals surface area contributed by atoms with Gasteiger partial charge in [-0.1, -0.05) is 12.1 Å². The molecule has 10 heteroatoms. The van der Waals surface area contributed by atoms with E-state index < -0.39 is 28.0 Å². The minimum absolute atomic E-state index is 0.150. The molecule has 2 unspecified atom stereocenters. The standard InChI is InChI=1S/C19H23N3O4S3/c1-12-6-7-15(9-13(12)2)20-18(23)16-10-27-11-22(16)19(24)14(3)21-29(25,26)17-5-4-8-28-17/h4-9,14,16,21H,10-11H2,1-3H3,(H,20,23). The molecule has 1 aliphatic heterocycles. The minimum Gasteiger partial charge on any atom is -0.324 e. The van der Waals surface area contributed by atoms with Gasteiger partial charge in [-0.25, -0.2) is 8.42 Å². The Labute approximate surface area is 178 Å². The second-order valence-corrected chi connectivity index (χ2v) is 10.8. The zero-order valence-corrected chi connectivity index (χ0v) is 18.8. The molecule has 29 heavy (non-hydrogen) atoms. The number of thioether (sulfide) groups is 1. The number of sulfonamides is 1. The highest BCUT2D eigenvalue weighted by Gasteiger charge is 2.37. The third-order valence-corrected chi connectivity index (χ3v) is 8.66. The van der Waals surface area contributed by atoms with Crippen LogP contribution in [0.1, 0.15) is 18.1 Å². The zero-order chi connectivity index (χ0) is 21.2. The molecule has 0 radical (unpaired) electrons. The number of nitrogens with zero attached hydrogens (tertiary/aromatic N) is 1. The normalized spacial score (nSPS) is 17.9. The summed E-state index contributed by atoms with van der Waals surface area (Å²) in [6.07, 6.45) is 0. The van der Waals surface area contributed by atoms with Crippen LogP contribution in [-0.4, -0.2) is 48.8 Å².